The molecule has 22 heavy (non-hydrogen) atoms. The lowest BCUT2D eigenvalue weighted by Crippen LogP contribution is -2.11. The van der Waals surface area contributed by atoms with Gasteiger partial charge in [-0.05, 0) is 45.7 Å². The highest BCUT2D eigenvalue weighted by molar-refractivity contribution is 5.64. The van der Waals surface area contributed by atoms with Crippen LogP contribution in [0.4, 0.5) is 23.5 Å². The number of nitrogens with one attached hydrogen (secondary N) is 3. The van der Waals surface area contributed by atoms with Crippen molar-refractivity contribution in [3.63, 3.8) is 0 Å². The minimum absolute atomic E-state index is 0.539. The van der Waals surface area contributed by atoms with Crippen molar-refractivity contribution in [2.75, 3.05) is 29.0 Å². The molecule has 0 saturated carbocycles. The van der Waals surface area contributed by atoms with Crippen molar-refractivity contribution < 1.29 is 0 Å². The van der Waals surface area contributed by atoms with Crippen molar-refractivity contribution in [3.8, 4) is 0 Å². The summed E-state index contributed by atoms with van der Waals surface area (Å²) in [6, 6.07) is 4.29. The molecule has 2 rings (SSSR count). The Bertz CT molecular complexity index is 606. The number of benzene rings is 1. The fourth-order valence-corrected chi connectivity index (χ4v) is 2.40. The van der Waals surface area contributed by atoms with E-state index in [9.17, 15) is 0 Å². The lowest BCUT2D eigenvalue weighted by molar-refractivity contribution is 1.00. The number of aromatic nitrogens is 3. The molecule has 3 N–H and O–H groups in total. The van der Waals surface area contributed by atoms with Crippen LogP contribution in [-0.2, 0) is 0 Å². The van der Waals surface area contributed by atoms with Crippen LogP contribution in [0, 0.1) is 20.8 Å². The SMILES string of the molecule is CCNc1nc(NCC)nc(Nc2c(C)cc(C)cc2C)n1. The van der Waals surface area contributed by atoms with E-state index < -0.39 is 0 Å². The van der Waals surface area contributed by atoms with Crippen LogP contribution in [0.15, 0.2) is 12.1 Å². The van der Waals surface area contributed by atoms with Gasteiger partial charge >= 0.3 is 0 Å². The zero-order valence-electron chi connectivity index (χ0n) is 13.9. The molecule has 1 aromatic carbocycles. The molecule has 0 spiro atoms. The Morgan fingerprint density at radius 1 is 0.773 bits per heavy atom. The van der Waals surface area contributed by atoms with Crippen molar-refractivity contribution in [1.82, 2.24) is 15.0 Å². The normalized spacial score (nSPS) is 10.4. The molecule has 0 aliphatic heterocycles. The topological polar surface area (TPSA) is 74.8 Å². The Hall–Kier alpha value is -2.37. The van der Waals surface area contributed by atoms with Crippen LogP contribution in [0.5, 0.6) is 0 Å². The van der Waals surface area contributed by atoms with Crippen LogP contribution in [0.3, 0.4) is 0 Å². The van der Waals surface area contributed by atoms with Crippen LogP contribution >= 0.6 is 0 Å². The molecule has 0 fully saturated rings. The summed E-state index contributed by atoms with van der Waals surface area (Å²) in [5, 5.41) is 9.58. The van der Waals surface area contributed by atoms with Gasteiger partial charge in [0.05, 0.1) is 0 Å². The van der Waals surface area contributed by atoms with Crippen LogP contribution in [0.25, 0.3) is 0 Å². The standard InChI is InChI=1S/C16H24N6/c1-6-17-14-20-15(18-7-2)22-16(21-14)19-13-11(4)8-10(3)9-12(13)5/h8-9H,6-7H2,1-5H3,(H3,17,18,19,20,21,22). The second-order valence-electron chi connectivity index (χ2n) is 5.27. The largest absolute Gasteiger partial charge is 0.354 e. The summed E-state index contributed by atoms with van der Waals surface area (Å²) in [5.41, 5.74) is 4.64. The molecular formula is C16H24N6. The highest BCUT2D eigenvalue weighted by atomic mass is 15.3. The summed E-state index contributed by atoms with van der Waals surface area (Å²) in [6.45, 7) is 11.8. The van der Waals surface area contributed by atoms with Gasteiger partial charge < -0.3 is 16.0 Å². The van der Waals surface area contributed by atoms with Crippen LogP contribution in [-0.4, -0.2) is 28.0 Å². The van der Waals surface area contributed by atoms with Gasteiger partial charge in [0, 0.05) is 18.8 Å². The van der Waals surface area contributed by atoms with Gasteiger partial charge in [-0.3, -0.25) is 0 Å². The molecule has 1 aromatic heterocycles. The molecule has 0 atom stereocenters. The van der Waals surface area contributed by atoms with Crippen LogP contribution < -0.4 is 16.0 Å². The molecule has 0 unspecified atom stereocenters. The highest BCUT2D eigenvalue weighted by Gasteiger charge is 2.09. The minimum Gasteiger partial charge on any atom is -0.354 e. The first-order chi connectivity index (χ1) is 10.5. The zero-order valence-corrected chi connectivity index (χ0v) is 13.9. The third-order valence-corrected chi connectivity index (χ3v) is 3.22. The van der Waals surface area contributed by atoms with E-state index in [1.807, 2.05) is 13.8 Å². The van der Waals surface area contributed by atoms with E-state index in [-0.39, 0.29) is 0 Å². The fraction of sp³-hybridized carbons (Fsp3) is 0.438. The molecule has 6 heteroatoms. The molecule has 1 heterocycles. The maximum atomic E-state index is 4.42. The molecule has 0 aliphatic carbocycles. The number of rotatable bonds is 6. The number of hydrogen-bond donors (Lipinski definition) is 3. The second-order valence-corrected chi connectivity index (χ2v) is 5.27. The number of hydrogen-bond acceptors (Lipinski definition) is 6. The smallest absolute Gasteiger partial charge is 0.233 e. The summed E-state index contributed by atoms with van der Waals surface area (Å²) in [5.74, 6) is 1.67. The van der Waals surface area contributed by atoms with Crippen LogP contribution in [0.1, 0.15) is 30.5 Å². The van der Waals surface area contributed by atoms with E-state index in [1.54, 1.807) is 0 Å². The summed E-state index contributed by atoms with van der Waals surface area (Å²) < 4.78 is 0. The Morgan fingerprint density at radius 3 is 1.68 bits per heavy atom. The van der Waals surface area contributed by atoms with Gasteiger partial charge in [0.2, 0.25) is 17.8 Å². The Balaban J connectivity index is 2.36. The third kappa shape index (κ3) is 3.84. The minimum atomic E-state index is 0.539. The molecule has 0 aliphatic rings. The lowest BCUT2D eigenvalue weighted by atomic mass is 10.1. The predicted molar refractivity (Wildman–Crippen MR) is 92.1 cm³/mol. The van der Waals surface area contributed by atoms with Crippen molar-refractivity contribution in [1.29, 1.82) is 0 Å². The first-order valence-electron chi connectivity index (χ1n) is 7.62. The number of nitrogens with zero attached hydrogens (tertiary/aromatic N) is 3. The van der Waals surface area contributed by atoms with Crippen LogP contribution in [0.2, 0.25) is 0 Å². The average Bonchev–Trinajstić information content (AvgIpc) is 2.43. The molecule has 0 saturated heterocycles. The molecule has 0 amide bonds. The van der Waals surface area contributed by atoms with E-state index in [0.29, 0.717) is 17.8 Å². The van der Waals surface area contributed by atoms with E-state index in [2.05, 4.69) is 63.8 Å². The molecule has 0 radical (unpaired) electrons. The zero-order chi connectivity index (χ0) is 16.1. The van der Waals surface area contributed by atoms with Crippen molar-refractivity contribution in [2.24, 2.45) is 0 Å². The Labute approximate surface area is 131 Å². The van der Waals surface area contributed by atoms with E-state index >= 15 is 0 Å². The first kappa shape index (κ1) is 16.0. The van der Waals surface area contributed by atoms with E-state index in [0.717, 1.165) is 18.8 Å². The van der Waals surface area contributed by atoms with Gasteiger partial charge in [-0.1, -0.05) is 17.7 Å². The molecule has 0 bridgehead atoms. The van der Waals surface area contributed by atoms with Gasteiger partial charge in [-0.2, -0.15) is 15.0 Å². The van der Waals surface area contributed by atoms with Crippen molar-refractivity contribution in [3.05, 3.63) is 28.8 Å². The average molecular weight is 300 g/mol. The van der Waals surface area contributed by atoms with E-state index in [4.69, 9.17) is 0 Å². The molecule has 118 valence electrons. The quantitative estimate of drug-likeness (QED) is 0.759. The predicted octanol–water partition coefficient (Wildman–Crippen LogP) is 3.40. The summed E-state index contributed by atoms with van der Waals surface area (Å²) in [6.07, 6.45) is 0. The maximum absolute atomic E-state index is 4.42. The van der Waals surface area contributed by atoms with Gasteiger partial charge in [0.1, 0.15) is 0 Å². The Morgan fingerprint density at radius 2 is 1.23 bits per heavy atom. The number of aryl methyl sites for hydroxylation is 3. The van der Waals surface area contributed by atoms with Crippen molar-refractivity contribution >= 4 is 23.5 Å². The Kier molecular flexibility index (Phi) is 5.14. The first-order valence-corrected chi connectivity index (χ1v) is 7.62. The van der Waals surface area contributed by atoms with Gasteiger partial charge in [0.25, 0.3) is 0 Å². The molecule has 6 nitrogen and oxygen atoms in total. The third-order valence-electron chi connectivity index (χ3n) is 3.22. The van der Waals surface area contributed by atoms with Gasteiger partial charge in [-0.25, -0.2) is 0 Å². The maximum Gasteiger partial charge on any atom is 0.233 e. The summed E-state index contributed by atoms with van der Waals surface area (Å²) in [4.78, 5) is 13.2. The summed E-state index contributed by atoms with van der Waals surface area (Å²) >= 11 is 0. The number of anilines is 4. The molecular weight excluding hydrogens is 276 g/mol. The highest BCUT2D eigenvalue weighted by Crippen LogP contribution is 2.25. The lowest BCUT2D eigenvalue weighted by Gasteiger charge is -2.14. The van der Waals surface area contributed by atoms with Gasteiger partial charge in [-0.15, -0.1) is 0 Å². The molecule has 2 aromatic rings. The van der Waals surface area contributed by atoms with E-state index in [1.165, 1.54) is 16.7 Å². The second kappa shape index (κ2) is 7.06. The van der Waals surface area contributed by atoms with Crippen molar-refractivity contribution in [2.45, 2.75) is 34.6 Å². The monoisotopic (exact) mass is 300 g/mol. The summed E-state index contributed by atoms with van der Waals surface area (Å²) in [7, 11) is 0. The van der Waals surface area contributed by atoms with Gasteiger partial charge in [0.15, 0.2) is 0 Å². The fourth-order valence-electron chi connectivity index (χ4n) is 2.40.